The van der Waals surface area contributed by atoms with Gasteiger partial charge in [-0.2, -0.15) is 0 Å². The van der Waals surface area contributed by atoms with Crippen LogP contribution < -0.4 is 14.7 Å². The lowest BCUT2D eigenvalue weighted by Gasteiger charge is -2.43. The number of hydroxylamine groups is 1. The Hall–Kier alpha value is -2.86. The Morgan fingerprint density at radius 2 is 1.53 bits per heavy atom. The van der Waals surface area contributed by atoms with Crippen molar-refractivity contribution >= 4 is 23.2 Å². The molecule has 0 aromatic heterocycles. The normalized spacial score (nSPS) is 25.1. The topological polar surface area (TPSA) is 59.1 Å². The van der Waals surface area contributed by atoms with Crippen molar-refractivity contribution < 1.29 is 19.2 Å². The summed E-state index contributed by atoms with van der Waals surface area (Å²) in [5, 5.41) is 1.89. The maximum absolute atomic E-state index is 13.6. The standard InChI is InChI=1S/C24H26N2O4/c1-16-6-8-18(9-7-16)26-24(14-4-3-5-15-24)20-21(30-26)23(28)25(22(20)27)17-10-12-19(29-2)13-11-17/h6-13,20-21H,3-5,14-15H2,1-2H3/t20-,21+/m0/s1. The van der Waals surface area contributed by atoms with Crippen molar-refractivity contribution in [1.82, 2.24) is 0 Å². The van der Waals surface area contributed by atoms with Crippen molar-refractivity contribution in [3.8, 4) is 5.75 Å². The minimum Gasteiger partial charge on any atom is -0.497 e. The van der Waals surface area contributed by atoms with Crippen molar-refractivity contribution in [2.24, 2.45) is 5.92 Å². The first-order valence-electron chi connectivity index (χ1n) is 10.6. The highest BCUT2D eigenvalue weighted by Crippen LogP contribution is 2.52. The molecule has 3 aliphatic rings. The third-order valence-electron chi connectivity index (χ3n) is 6.77. The van der Waals surface area contributed by atoms with E-state index in [1.807, 2.05) is 36.3 Å². The quantitative estimate of drug-likeness (QED) is 0.721. The summed E-state index contributed by atoms with van der Waals surface area (Å²) in [6.07, 6.45) is 4.11. The number of carbonyl (C=O) groups excluding carboxylic acids is 2. The summed E-state index contributed by atoms with van der Waals surface area (Å²) < 4.78 is 5.20. The number of ether oxygens (including phenoxy) is 1. The molecule has 0 bridgehead atoms. The zero-order valence-electron chi connectivity index (χ0n) is 17.3. The maximum atomic E-state index is 13.6. The lowest BCUT2D eigenvalue weighted by molar-refractivity contribution is -0.126. The van der Waals surface area contributed by atoms with Crippen LogP contribution in [-0.4, -0.2) is 30.6 Å². The zero-order valence-corrected chi connectivity index (χ0v) is 17.3. The van der Waals surface area contributed by atoms with Gasteiger partial charge in [-0.1, -0.05) is 37.0 Å². The Morgan fingerprint density at radius 1 is 0.900 bits per heavy atom. The third-order valence-corrected chi connectivity index (χ3v) is 6.77. The molecule has 0 N–H and O–H groups in total. The first kappa shape index (κ1) is 19.1. The second-order valence-corrected chi connectivity index (χ2v) is 8.51. The first-order valence-corrected chi connectivity index (χ1v) is 10.6. The Labute approximate surface area is 176 Å². The van der Waals surface area contributed by atoms with Gasteiger partial charge in [0.1, 0.15) is 11.7 Å². The molecule has 2 atom stereocenters. The minimum absolute atomic E-state index is 0.160. The Kier molecular flexibility index (Phi) is 4.54. The number of amides is 2. The van der Waals surface area contributed by atoms with Crippen LogP contribution in [0.2, 0.25) is 0 Å². The van der Waals surface area contributed by atoms with Crippen LogP contribution in [0, 0.1) is 12.8 Å². The highest BCUT2D eigenvalue weighted by atomic mass is 16.7. The number of methoxy groups -OCH3 is 1. The number of fused-ring (bicyclic) bond motifs is 2. The average molecular weight is 406 g/mol. The summed E-state index contributed by atoms with van der Waals surface area (Å²) >= 11 is 0. The van der Waals surface area contributed by atoms with Gasteiger partial charge in [-0.15, -0.1) is 0 Å². The van der Waals surface area contributed by atoms with Gasteiger partial charge in [0.15, 0.2) is 6.10 Å². The van der Waals surface area contributed by atoms with E-state index in [4.69, 9.17) is 9.57 Å². The predicted molar refractivity (Wildman–Crippen MR) is 113 cm³/mol. The van der Waals surface area contributed by atoms with E-state index >= 15 is 0 Å². The van der Waals surface area contributed by atoms with Crippen molar-refractivity contribution in [2.45, 2.75) is 50.7 Å². The van der Waals surface area contributed by atoms with Crippen LogP contribution in [0.15, 0.2) is 48.5 Å². The number of carbonyl (C=O) groups is 2. The van der Waals surface area contributed by atoms with E-state index in [9.17, 15) is 9.59 Å². The second-order valence-electron chi connectivity index (χ2n) is 8.51. The molecule has 2 aliphatic heterocycles. The van der Waals surface area contributed by atoms with Gasteiger partial charge in [0.05, 0.1) is 24.0 Å². The molecule has 30 heavy (non-hydrogen) atoms. The summed E-state index contributed by atoms with van der Waals surface area (Å²) in [4.78, 5) is 34.5. The molecule has 2 amide bonds. The van der Waals surface area contributed by atoms with E-state index in [1.54, 1.807) is 31.4 Å². The molecule has 0 unspecified atom stereocenters. The number of aryl methyl sites for hydroxylation is 1. The molecule has 2 aromatic rings. The number of benzene rings is 2. The van der Waals surface area contributed by atoms with Gasteiger partial charge in [-0.05, 0) is 56.2 Å². The molecule has 1 aliphatic carbocycles. The van der Waals surface area contributed by atoms with Crippen molar-refractivity contribution in [1.29, 1.82) is 0 Å². The smallest absolute Gasteiger partial charge is 0.266 e. The molecule has 1 spiro atoms. The molecule has 1 saturated carbocycles. The van der Waals surface area contributed by atoms with Crippen LogP contribution >= 0.6 is 0 Å². The highest BCUT2D eigenvalue weighted by Gasteiger charge is 2.66. The van der Waals surface area contributed by atoms with E-state index in [0.717, 1.165) is 43.4 Å². The molecule has 156 valence electrons. The fraction of sp³-hybridized carbons (Fsp3) is 0.417. The summed E-state index contributed by atoms with van der Waals surface area (Å²) in [5.74, 6) is -0.251. The Balaban J connectivity index is 1.53. The molecule has 6 heteroatoms. The van der Waals surface area contributed by atoms with E-state index in [-0.39, 0.29) is 11.8 Å². The first-order chi connectivity index (χ1) is 14.5. The largest absolute Gasteiger partial charge is 0.497 e. The number of nitrogens with zero attached hydrogens (tertiary/aromatic N) is 2. The van der Waals surface area contributed by atoms with Crippen LogP contribution in [0.3, 0.4) is 0 Å². The maximum Gasteiger partial charge on any atom is 0.266 e. The van der Waals surface area contributed by atoms with Gasteiger partial charge in [-0.3, -0.25) is 14.4 Å². The van der Waals surface area contributed by atoms with Crippen LogP contribution in [0.25, 0.3) is 0 Å². The molecule has 0 radical (unpaired) electrons. The molecule has 2 heterocycles. The number of imide groups is 1. The fourth-order valence-electron chi connectivity index (χ4n) is 5.27. The van der Waals surface area contributed by atoms with E-state index < -0.39 is 17.6 Å². The summed E-state index contributed by atoms with van der Waals surface area (Å²) in [6, 6.07) is 15.1. The van der Waals surface area contributed by atoms with Gasteiger partial charge in [0.25, 0.3) is 5.91 Å². The second kappa shape index (κ2) is 7.13. The van der Waals surface area contributed by atoms with Crippen LogP contribution in [-0.2, 0) is 14.4 Å². The lowest BCUT2D eigenvalue weighted by atomic mass is 9.71. The average Bonchev–Trinajstić information content (AvgIpc) is 3.22. The molecule has 6 nitrogen and oxygen atoms in total. The van der Waals surface area contributed by atoms with Crippen molar-refractivity contribution in [3.05, 3.63) is 54.1 Å². The lowest BCUT2D eigenvalue weighted by Crippen LogP contribution is -2.53. The van der Waals surface area contributed by atoms with Crippen molar-refractivity contribution in [2.75, 3.05) is 17.1 Å². The van der Waals surface area contributed by atoms with Gasteiger partial charge in [0.2, 0.25) is 5.91 Å². The van der Waals surface area contributed by atoms with Crippen LogP contribution in [0.4, 0.5) is 11.4 Å². The van der Waals surface area contributed by atoms with Gasteiger partial charge in [-0.25, -0.2) is 9.96 Å². The highest BCUT2D eigenvalue weighted by molar-refractivity contribution is 6.24. The van der Waals surface area contributed by atoms with Crippen LogP contribution in [0.1, 0.15) is 37.7 Å². The van der Waals surface area contributed by atoms with E-state index in [1.165, 1.54) is 4.90 Å². The number of hydrogen-bond acceptors (Lipinski definition) is 5. The Morgan fingerprint density at radius 3 is 2.17 bits per heavy atom. The van der Waals surface area contributed by atoms with Gasteiger partial charge < -0.3 is 4.74 Å². The molecule has 3 fully saturated rings. The molecule has 2 saturated heterocycles. The van der Waals surface area contributed by atoms with Crippen molar-refractivity contribution in [3.63, 3.8) is 0 Å². The zero-order chi connectivity index (χ0) is 20.9. The monoisotopic (exact) mass is 406 g/mol. The molecule has 5 rings (SSSR count). The number of hydrogen-bond donors (Lipinski definition) is 0. The van der Waals surface area contributed by atoms with Gasteiger partial charge >= 0.3 is 0 Å². The number of rotatable bonds is 3. The fourth-order valence-corrected chi connectivity index (χ4v) is 5.27. The van der Waals surface area contributed by atoms with E-state index in [2.05, 4.69) is 0 Å². The Bertz CT molecular complexity index is 964. The summed E-state index contributed by atoms with van der Waals surface area (Å²) in [5.41, 5.74) is 2.16. The molecular weight excluding hydrogens is 380 g/mol. The third kappa shape index (κ3) is 2.74. The van der Waals surface area contributed by atoms with Gasteiger partial charge in [0, 0.05) is 0 Å². The summed E-state index contributed by atoms with van der Waals surface area (Å²) in [6.45, 7) is 2.04. The molecular formula is C24H26N2O4. The van der Waals surface area contributed by atoms with E-state index in [0.29, 0.717) is 11.4 Å². The summed E-state index contributed by atoms with van der Waals surface area (Å²) in [7, 11) is 1.59. The number of anilines is 2. The minimum atomic E-state index is -0.779. The predicted octanol–water partition coefficient (Wildman–Crippen LogP) is 4.02. The SMILES string of the molecule is COc1ccc(N2C(=O)[C@@H]3[C@@H](ON(c4ccc(C)cc4)C34CCCCC4)C2=O)cc1. The molecule has 2 aromatic carbocycles. The van der Waals surface area contributed by atoms with Crippen LogP contribution in [0.5, 0.6) is 5.75 Å².